The first-order valence-electron chi connectivity index (χ1n) is 8.37. The number of carbonyl (C=O) groups is 1. The first-order chi connectivity index (χ1) is 12.4. The summed E-state index contributed by atoms with van der Waals surface area (Å²) in [6.07, 6.45) is 5.03. The molecule has 136 valence electrons. The van der Waals surface area contributed by atoms with Crippen LogP contribution in [-0.4, -0.2) is 11.9 Å². The molecule has 0 spiro atoms. The van der Waals surface area contributed by atoms with E-state index in [-0.39, 0.29) is 23.4 Å². The van der Waals surface area contributed by atoms with E-state index in [1.165, 1.54) is 6.92 Å². The summed E-state index contributed by atoms with van der Waals surface area (Å²) in [6, 6.07) is 8.51. The molecule has 0 fully saturated rings. The van der Waals surface area contributed by atoms with Crippen LogP contribution in [0, 0.1) is 17.5 Å². The molecule has 1 amide bonds. The van der Waals surface area contributed by atoms with Crippen molar-refractivity contribution in [2.45, 2.75) is 31.7 Å². The number of benzene rings is 2. The number of rotatable bonds is 4. The summed E-state index contributed by atoms with van der Waals surface area (Å²) in [4.78, 5) is 11.2. The van der Waals surface area contributed by atoms with Gasteiger partial charge in [-0.3, -0.25) is 4.79 Å². The van der Waals surface area contributed by atoms with Crippen LogP contribution in [0.15, 0.2) is 48.6 Å². The zero-order valence-electron chi connectivity index (χ0n) is 14.2. The molecule has 0 saturated heterocycles. The lowest BCUT2D eigenvalue weighted by Gasteiger charge is -2.31. The summed E-state index contributed by atoms with van der Waals surface area (Å²) in [5.41, 5.74) is 1.55. The third kappa shape index (κ3) is 4.07. The average molecular weight is 360 g/mol. The van der Waals surface area contributed by atoms with Crippen molar-refractivity contribution in [1.82, 2.24) is 0 Å². The topological polar surface area (TPSA) is 41.1 Å². The quantitative estimate of drug-likeness (QED) is 0.597. The van der Waals surface area contributed by atoms with Gasteiger partial charge in [-0.1, -0.05) is 18.2 Å². The van der Waals surface area contributed by atoms with Crippen LogP contribution in [0.25, 0.3) is 0 Å². The molecular weight excluding hydrogens is 341 g/mol. The van der Waals surface area contributed by atoms with E-state index in [4.69, 9.17) is 0 Å². The smallest absolute Gasteiger partial charge is 0.221 e. The van der Waals surface area contributed by atoms with Crippen molar-refractivity contribution in [3.63, 3.8) is 0 Å². The minimum Gasteiger partial charge on any atom is -0.381 e. The van der Waals surface area contributed by atoms with Crippen LogP contribution in [0.3, 0.4) is 0 Å². The molecule has 1 aliphatic rings. The van der Waals surface area contributed by atoms with Crippen molar-refractivity contribution in [3.8, 4) is 0 Å². The zero-order chi connectivity index (χ0) is 18.7. The van der Waals surface area contributed by atoms with Crippen LogP contribution in [0.4, 0.5) is 24.5 Å². The van der Waals surface area contributed by atoms with Gasteiger partial charge in [0.1, 0.15) is 5.82 Å². The molecule has 2 aromatic carbocycles. The monoisotopic (exact) mass is 360 g/mol. The van der Waals surface area contributed by atoms with Gasteiger partial charge in [-0.15, -0.1) is 0 Å². The summed E-state index contributed by atoms with van der Waals surface area (Å²) in [6.45, 7) is 1.42. The Labute approximate surface area is 149 Å². The molecule has 3 nitrogen and oxygen atoms in total. The van der Waals surface area contributed by atoms with E-state index < -0.39 is 17.5 Å². The SMILES string of the molecule is CC(=O)Nc1cccc(N[C@@H]2CC=CC[C@H]2c2cc(F)c(F)cc2F)c1. The molecule has 0 bridgehead atoms. The van der Waals surface area contributed by atoms with Crippen LogP contribution in [-0.2, 0) is 4.79 Å². The van der Waals surface area contributed by atoms with Crippen LogP contribution in [0.2, 0.25) is 0 Å². The molecule has 2 N–H and O–H groups in total. The van der Waals surface area contributed by atoms with Crippen molar-refractivity contribution in [2.24, 2.45) is 0 Å². The van der Waals surface area contributed by atoms with Gasteiger partial charge in [0.05, 0.1) is 0 Å². The van der Waals surface area contributed by atoms with Gasteiger partial charge >= 0.3 is 0 Å². The average Bonchev–Trinajstić information content (AvgIpc) is 2.59. The summed E-state index contributed by atoms with van der Waals surface area (Å²) < 4.78 is 41.1. The Morgan fingerprint density at radius 1 is 0.962 bits per heavy atom. The Morgan fingerprint density at radius 3 is 2.42 bits per heavy atom. The molecule has 0 aliphatic heterocycles. The van der Waals surface area contributed by atoms with Crippen molar-refractivity contribution in [1.29, 1.82) is 0 Å². The lowest BCUT2D eigenvalue weighted by atomic mass is 9.83. The summed E-state index contributed by atoms with van der Waals surface area (Å²) in [5.74, 6) is -3.50. The Morgan fingerprint density at radius 2 is 1.65 bits per heavy atom. The highest BCUT2D eigenvalue weighted by molar-refractivity contribution is 5.89. The predicted molar refractivity (Wildman–Crippen MR) is 95.6 cm³/mol. The molecule has 1 aliphatic carbocycles. The van der Waals surface area contributed by atoms with Gasteiger partial charge < -0.3 is 10.6 Å². The van der Waals surface area contributed by atoms with Gasteiger partial charge in [-0.2, -0.15) is 0 Å². The molecule has 0 unspecified atom stereocenters. The molecule has 26 heavy (non-hydrogen) atoms. The standard InChI is InChI=1S/C20H19F3N2O/c1-12(26)24-13-5-4-6-14(9-13)25-20-8-3-2-7-15(20)16-10-18(22)19(23)11-17(16)21/h2-6,9-11,15,20,25H,7-8H2,1H3,(H,24,26)/t15-,20+/m0/s1. The van der Waals surface area contributed by atoms with Crippen molar-refractivity contribution in [3.05, 3.63) is 71.6 Å². The fraction of sp³-hybridized carbons (Fsp3) is 0.250. The second kappa shape index (κ2) is 7.64. The van der Waals surface area contributed by atoms with E-state index in [1.807, 2.05) is 18.2 Å². The van der Waals surface area contributed by atoms with Crippen molar-refractivity contribution < 1.29 is 18.0 Å². The lowest BCUT2D eigenvalue weighted by Crippen LogP contribution is -2.29. The first-order valence-corrected chi connectivity index (χ1v) is 8.37. The maximum absolute atomic E-state index is 14.2. The molecule has 0 saturated carbocycles. The molecule has 6 heteroatoms. The van der Waals surface area contributed by atoms with Crippen molar-refractivity contribution >= 4 is 17.3 Å². The third-order valence-electron chi connectivity index (χ3n) is 4.41. The maximum Gasteiger partial charge on any atom is 0.221 e. The minimum absolute atomic E-state index is 0.156. The van der Waals surface area contributed by atoms with Crippen molar-refractivity contribution in [2.75, 3.05) is 10.6 Å². The maximum atomic E-state index is 14.2. The minimum atomic E-state index is -1.19. The Hall–Kier alpha value is -2.76. The summed E-state index contributed by atoms with van der Waals surface area (Å²) >= 11 is 0. The second-order valence-electron chi connectivity index (χ2n) is 6.35. The number of carbonyl (C=O) groups excluding carboxylic acids is 1. The number of hydrogen-bond donors (Lipinski definition) is 2. The number of amides is 1. The highest BCUT2D eigenvalue weighted by Gasteiger charge is 2.27. The van der Waals surface area contributed by atoms with E-state index in [1.54, 1.807) is 18.2 Å². The van der Waals surface area contributed by atoms with Gasteiger partial charge in [0.15, 0.2) is 11.6 Å². The number of halogens is 3. The Bertz CT molecular complexity index is 851. The van der Waals surface area contributed by atoms with Gasteiger partial charge in [0, 0.05) is 36.3 Å². The highest BCUT2D eigenvalue weighted by Crippen LogP contribution is 2.34. The largest absolute Gasteiger partial charge is 0.381 e. The molecule has 2 aromatic rings. The van der Waals surface area contributed by atoms with Crippen LogP contribution in [0.1, 0.15) is 31.2 Å². The first kappa shape index (κ1) is 18.0. The fourth-order valence-corrected chi connectivity index (χ4v) is 3.24. The number of allylic oxidation sites excluding steroid dienone is 1. The van der Waals surface area contributed by atoms with E-state index in [0.717, 1.165) is 11.8 Å². The molecule has 3 rings (SSSR count). The second-order valence-corrected chi connectivity index (χ2v) is 6.35. The fourth-order valence-electron chi connectivity index (χ4n) is 3.24. The van der Waals surface area contributed by atoms with Crippen LogP contribution < -0.4 is 10.6 Å². The molecule has 0 radical (unpaired) electrons. The van der Waals surface area contributed by atoms with Crippen LogP contribution in [0.5, 0.6) is 0 Å². The molecule has 0 heterocycles. The van der Waals surface area contributed by atoms with E-state index in [2.05, 4.69) is 10.6 Å². The number of anilines is 2. The molecule has 2 atom stereocenters. The predicted octanol–water partition coefficient (Wildman–Crippen LogP) is 4.98. The van der Waals surface area contributed by atoms with Gasteiger partial charge in [-0.05, 0) is 42.7 Å². The molecule has 0 aromatic heterocycles. The lowest BCUT2D eigenvalue weighted by molar-refractivity contribution is -0.114. The van der Waals surface area contributed by atoms with Gasteiger partial charge in [0.25, 0.3) is 0 Å². The Kier molecular flexibility index (Phi) is 5.30. The normalized spacial score (nSPS) is 19.2. The zero-order valence-corrected chi connectivity index (χ0v) is 14.2. The van der Waals surface area contributed by atoms with Crippen LogP contribution >= 0.6 is 0 Å². The summed E-state index contributed by atoms with van der Waals surface area (Å²) in [5, 5.41) is 6.02. The summed E-state index contributed by atoms with van der Waals surface area (Å²) in [7, 11) is 0. The van der Waals surface area contributed by atoms with E-state index in [9.17, 15) is 18.0 Å². The van der Waals surface area contributed by atoms with Gasteiger partial charge in [0.2, 0.25) is 5.91 Å². The number of hydrogen-bond acceptors (Lipinski definition) is 2. The molecular formula is C20H19F3N2O. The third-order valence-corrected chi connectivity index (χ3v) is 4.41. The van der Waals surface area contributed by atoms with E-state index >= 15 is 0 Å². The number of nitrogens with one attached hydrogen (secondary N) is 2. The Balaban J connectivity index is 1.85. The highest BCUT2D eigenvalue weighted by atomic mass is 19.2. The van der Waals surface area contributed by atoms with E-state index in [0.29, 0.717) is 24.6 Å². The van der Waals surface area contributed by atoms with Gasteiger partial charge in [-0.25, -0.2) is 13.2 Å².